The number of ether oxygens (including phenoxy) is 2. The number of allylic oxidation sites excluding steroid dienone is 1. The molecular formula is C18H15ClN2O5. The number of nitrogens with one attached hydrogen (secondary N) is 1. The smallest absolute Gasteiger partial charge is 0.374 e. The van der Waals surface area contributed by atoms with Crippen molar-refractivity contribution >= 4 is 23.4 Å². The summed E-state index contributed by atoms with van der Waals surface area (Å²) in [7, 11) is 1.18. The lowest BCUT2D eigenvalue weighted by atomic mass is 9.82. The standard InChI is InChI=1S/C18H15ClN2O5/c1-8(22)12-13(10-5-4-6-11(19)7-10)14-16(23)20-9(2)21-17(14)26-15(12)18(24)25-3/h4-7,13H,1-3H3,(H,20,21,23). The second-order valence-electron chi connectivity index (χ2n) is 5.75. The predicted molar refractivity (Wildman–Crippen MR) is 93.2 cm³/mol. The number of methoxy groups -OCH3 is 1. The fraction of sp³-hybridized carbons (Fsp3) is 0.222. The van der Waals surface area contributed by atoms with Crippen molar-refractivity contribution in [2.75, 3.05) is 7.11 Å². The molecule has 1 aromatic heterocycles. The highest BCUT2D eigenvalue weighted by atomic mass is 35.5. The summed E-state index contributed by atoms with van der Waals surface area (Å²) in [5.74, 6) is -2.12. The van der Waals surface area contributed by atoms with E-state index in [-0.39, 0.29) is 22.8 Å². The third-order valence-electron chi connectivity index (χ3n) is 3.99. The lowest BCUT2D eigenvalue weighted by molar-refractivity contribution is -0.139. The molecule has 0 radical (unpaired) electrons. The molecular weight excluding hydrogens is 360 g/mol. The van der Waals surface area contributed by atoms with Gasteiger partial charge in [0.2, 0.25) is 11.6 Å². The number of rotatable bonds is 3. The number of nitrogens with zero attached hydrogens (tertiary/aromatic N) is 1. The first-order valence-electron chi connectivity index (χ1n) is 7.71. The number of halogens is 1. The molecule has 0 saturated carbocycles. The number of aryl methyl sites for hydroxylation is 1. The summed E-state index contributed by atoms with van der Waals surface area (Å²) in [5, 5.41) is 0.426. The Morgan fingerprint density at radius 1 is 1.35 bits per heavy atom. The predicted octanol–water partition coefficient (Wildman–Crippen LogP) is 2.27. The Hall–Kier alpha value is -2.93. The molecule has 8 heteroatoms. The van der Waals surface area contributed by atoms with Crippen LogP contribution in [0.3, 0.4) is 0 Å². The van der Waals surface area contributed by atoms with Crippen molar-refractivity contribution in [3.63, 3.8) is 0 Å². The fourth-order valence-electron chi connectivity index (χ4n) is 2.96. The molecule has 1 aliphatic heterocycles. The number of Topliss-reactive ketones (excluding diaryl/α,β-unsaturated/α-hetero) is 1. The molecule has 1 aliphatic rings. The third-order valence-corrected chi connectivity index (χ3v) is 4.23. The summed E-state index contributed by atoms with van der Waals surface area (Å²) in [4.78, 5) is 44.0. The van der Waals surface area contributed by atoms with Gasteiger partial charge in [-0.3, -0.25) is 9.59 Å². The summed E-state index contributed by atoms with van der Waals surface area (Å²) < 4.78 is 10.3. The van der Waals surface area contributed by atoms with Crippen LogP contribution in [0.5, 0.6) is 5.88 Å². The van der Waals surface area contributed by atoms with E-state index < -0.39 is 23.2 Å². The Bertz CT molecular complexity index is 1010. The minimum absolute atomic E-state index is 0.0165. The number of aromatic amines is 1. The Morgan fingerprint density at radius 2 is 2.08 bits per heavy atom. The molecule has 1 atom stereocenters. The maximum Gasteiger partial charge on any atom is 0.374 e. The van der Waals surface area contributed by atoms with Gasteiger partial charge >= 0.3 is 5.97 Å². The zero-order valence-corrected chi connectivity index (χ0v) is 15.0. The summed E-state index contributed by atoms with van der Waals surface area (Å²) in [5.41, 5.74) is 0.253. The molecule has 0 amide bonds. The molecule has 0 bridgehead atoms. The van der Waals surface area contributed by atoms with Gasteiger partial charge in [0.15, 0.2) is 5.78 Å². The Kier molecular flexibility index (Phi) is 4.65. The average molecular weight is 375 g/mol. The maximum absolute atomic E-state index is 12.6. The minimum atomic E-state index is -0.860. The van der Waals surface area contributed by atoms with E-state index >= 15 is 0 Å². The molecule has 134 valence electrons. The number of carbonyl (C=O) groups excluding carboxylic acids is 2. The summed E-state index contributed by atoms with van der Waals surface area (Å²) >= 11 is 6.08. The summed E-state index contributed by atoms with van der Waals surface area (Å²) in [6.45, 7) is 2.88. The van der Waals surface area contributed by atoms with Gasteiger partial charge in [0.1, 0.15) is 5.82 Å². The van der Waals surface area contributed by atoms with Crippen LogP contribution >= 0.6 is 11.6 Å². The maximum atomic E-state index is 12.6. The van der Waals surface area contributed by atoms with Crippen LogP contribution in [0.25, 0.3) is 0 Å². The summed E-state index contributed by atoms with van der Waals surface area (Å²) in [6, 6.07) is 6.70. The lowest BCUT2D eigenvalue weighted by Crippen LogP contribution is -2.31. The van der Waals surface area contributed by atoms with E-state index in [1.807, 2.05) is 0 Å². The number of fused-ring (bicyclic) bond motifs is 1. The van der Waals surface area contributed by atoms with Crippen LogP contribution in [0.2, 0.25) is 5.02 Å². The molecule has 0 fully saturated rings. The van der Waals surface area contributed by atoms with E-state index in [1.54, 1.807) is 31.2 Å². The second-order valence-corrected chi connectivity index (χ2v) is 6.19. The van der Waals surface area contributed by atoms with Crippen molar-refractivity contribution in [2.45, 2.75) is 19.8 Å². The van der Waals surface area contributed by atoms with Crippen molar-refractivity contribution in [3.8, 4) is 5.88 Å². The second kappa shape index (κ2) is 6.76. The van der Waals surface area contributed by atoms with E-state index in [0.29, 0.717) is 16.4 Å². The molecule has 1 aromatic carbocycles. The van der Waals surface area contributed by atoms with E-state index in [2.05, 4.69) is 9.97 Å². The van der Waals surface area contributed by atoms with Gasteiger partial charge in [-0.25, -0.2) is 4.79 Å². The van der Waals surface area contributed by atoms with Gasteiger partial charge in [0.25, 0.3) is 5.56 Å². The molecule has 3 rings (SSSR count). The molecule has 0 aliphatic carbocycles. The van der Waals surface area contributed by atoms with E-state index in [4.69, 9.17) is 21.1 Å². The number of benzene rings is 1. The molecule has 0 spiro atoms. The highest BCUT2D eigenvalue weighted by molar-refractivity contribution is 6.30. The van der Waals surface area contributed by atoms with E-state index in [1.165, 1.54) is 14.0 Å². The topological polar surface area (TPSA) is 98.4 Å². The van der Waals surface area contributed by atoms with Crippen molar-refractivity contribution in [2.24, 2.45) is 0 Å². The molecule has 2 heterocycles. The van der Waals surface area contributed by atoms with Crippen LogP contribution in [0.1, 0.15) is 29.8 Å². The highest BCUT2D eigenvalue weighted by Crippen LogP contribution is 2.41. The number of esters is 1. The summed E-state index contributed by atoms with van der Waals surface area (Å²) in [6.07, 6.45) is 0. The van der Waals surface area contributed by atoms with Crippen LogP contribution in [0.4, 0.5) is 0 Å². The van der Waals surface area contributed by atoms with Gasteiger partial charge in [-0.05, 0) is 31.5 Å². The van der Waals surface area contributed by atoms with Crippen LogP contribution in [0, 0.1) is 6.92 Å². The van der Waals surface area contributed by atoms with Crippen molar-refractivity contribution in [1.82, 2.24) is 9.97 Å². The van der Waals surface area contributed by atoms with Crippen LogP contribution in [-0.4, -0.2) is 28.8 Å². The minimum Gasteiger partial charge on any atom is -0.463 e. The first-order valence-corrected chi connectivity index (χ1v) is 8.08. The molecule has 0 saturated heterocycles. The lowest BCUT2D eigenvalue weighted by Gasteiger charge is -2.27. The Balaban J connectivity index is 2.38. The highest BCUT2D eigenvalue weighted by Gasteiger charge is 2.39. The van der Waals surface area contributed by atoms with Gasteiger partial charge in [0, 0.05) is 5.02 Å². The Morgan fingerprint density at radius 3 is 2.69 bits per heavy atom. The first kappa shape index (κ1) is 17.9. The van der Waals surface area contributed by atoms with Crippen LogP contribution in [0.15, 0.2) is 40.4 Å². The van der Waals surface area contributed by atoms with Crippen LogP contribution in [-0.2, 0) is 14.3 Å². The number of carbonyl (C=O) groups is 2. The van der Waals surface area contributed by atoms with Gasteiger partial charge in [-0.2, -0.15) is 4.98 Å². The number of hydrogen-bond acceptors (Lipinski definition) is 6. The van der Waals surface area contributed by atoms with Crippen molar-refractivity contribution in [3.05, 3.63) is 67.9 Å². The number of aromatic nitrogens is 2. The SMILES string of the molecule is COC(=O)C1=C(C(C)=O)C(c2cccc(Cl)c2)c2c(nc(C)[nH]c2=O)O1. The van der Waals surface area contributed by atoms with E-state index in [0.717, 1.165) is 0 Å². The molecule has 2 aromatic rings. The normalized spacial score (nSPS) is 15.9. The molecule has 7 nitrogen and oxygen atoms in total. The van der Waals surface area contributed by atoms with Gasteiger partial charge in [-0.15, -0.1) is 0 Å². The van der Waals surface area contributed by atoms with Gasteiger partial charge in [-0.1, -0.05) is 23.7 Å². The number of ketones is 1. The average Bonchev–Trinajstić information content (AvgIpc) is 2.58. The zero-order chi connectivity index (χ0) is 19.0. The quantitative estimate of drug-likeness (QED) is 0.827. The molecule has 26 heavy (non-hydrogen) atoms. The monoisotopic (exact) mass is 374 g/mol. The zero-order valence-electron chi connectivity index (χ0n) is 14.3. The fourth-order valence-corrected chi connectivity index (χ4v) is 3.15. The van der Waals surface area contributed by atoms with Gasteiger partial charge < -0.3 is 14.5 Å². The van der Waals surface area contributed by atoms with Gasteiger partial charge in [0.05, 0.1) is 24.2 Å². The Labute approximate surface area is 153 Å². The first-order chi connectivity index (χ1) is 12.3. The van der Waals surface area contributed by atoms with E-state index in [9.17, 15) is 14.4 Å². The molecule has 1 unspecified atom stereocenters. The number of hydrogen-bond donors (Lipinski definition) is 1. The van der Waals surface area contributed by atoms with Crippen molar-refractivity contribution in [1.29, 1.82) is 0 Å². The third kappa shape index (κ3) is 3.01. The van der Waals surface area contributed by atoms with Crippen LogP contribution < -0.4 is 10.3 Å². The number of H-pyrrole nitrogens is 1. The van der Waals surface area contributed by atoms with Crippen molar-refractivity contribution < 1.29 is 19.1 Å². The molecule has 1 N–H and O–H groups in total. The largest absolute Gasteiger partial charge is 0.463 e.